The van der Waals surface area contributed by atoms with Gasteiger partial charge in [-0.15, -0.1) is 21.5 Å². The first-order valence-corrected chi connectivity index (χ1v) is 12.1. The summed E-state index contributed by atoms with van der Waals surface area (Å²) in [5.74, 6) is 1.88. The number of thiophene rings is 1. The first-order chi connectivity index (χ1) is 14.0. The fourth-order valence-corrected chi connectivity index (χ4v) is 5.95. The molecule has 2 unspecified atom stereocenters. The molecule has 0 radical (unpaired) electrons. The summed E-state index contributed by atoms with van der Waals surface area (Å²) in [6, 6.07) is 12.3. The molecule has 1 aliphatic carbocycles. The lowest BCUT2D eigenvalue weighted by Crippen LogP contribution is -2.22. The Labute approximate surface area is 184 Å². The molecular weight excluding hydrogens is 422 g/mol. The van der Waals surface area contributed by atoms with Gasteiger partial charge in [0.05, 0.1) is 15.0 Å². The number of aromatic nitrogens is 3. The number of carbonyl (C=O) groups is 1. The van der Waals surface area contributed by atoms with Crippen LogP contribution in [0.1, 0.15) is 53.9 Å². The number of ketones is 1. The van der Waals surface area contributed by atoms with E-state index in [-0.39, 0.29) is 5.78 Å². The summed E-state index contributed by atoms with van der Waals surface area (Å²) in [7, 11) is 0. The van der Waals surface area contributed by atoms with Crippen molar-refractivity contribution in [3.8, 4) is 11.4 Å². The van der Waals surface area contributed by atoms with E-state index in [0.717, 1.165) is 23.0 Å². The Hall–Kier alpha value is -1.63. The molecule has 1 aliphatic rings. The third kappa shape index (κ3) is 4.60. The van der Waals surface area contributed by atoms with Crippen LogP contribution in [-0.4, -0.2) is 26.3 Å². The van der Waals surface area contributed by atoms with E-state index in [2.05, 4.69) is 52.9 Å². The van der Waals surface area contributed by atoms with Crippen molar-refractivity contribution in [2.75, 3.05) is 5.75 Å². The zero-order valence-corrected chi connectivity index (χ0v) is 19.0. The van der Waals surface area contributed by atoms with Gasteiger partial charge in [-0.05, 0) is 43.9 Å². The maximum Gasteiger partial charge on any atom is 0.192 e. The van der Waals surface area contributed by atoms with Gasteiger partial charge >= 0.3 is 0 Å². The minimum Gasteiger partial charge on any atom is -0.299 e. The van der Waals surface area contributed by atoms with Crippen LogP contribution in [0.5, 0.6) is 0 Å². The minimum absolute atomic E-state index is 0.0789. The number of benzene rings is 1. The van der Waals surface area contributed by atoms with Crippen molar-refractivity contribution in [1.29, 1.82) is 0 Å². The van der Waals surface area contributed by atoms with Gasteiger partial charge in [0.15, 0.2) is 16.8 Å². The Morgan fingerprint density at radius 1 is 1.24 bits per heavy atom. The van der Waals surface area contributed by atoms with E-state index in [4.69, 9.17) is 11.6 Å². The number of thioether (sulfide) groups is 1. The quantitative estimate of drug-likeness (QED) is 0.313. The van der Waals surface area contributed by atoms with E-state index in [1.165, 1.54) is 47.9 Å². The third-order valence-corrected chi connectivity index (χ3v) is 7.73. The molecule has 0 amide bonds. The highest BCUT2D eigenvalue weighted by molar-refractivity contribution is 7.99. The molecule has 4 nitrogen and oxygen atoms in total. The summed E-state index contributed by atoms with van der Waals surface area (Å²) >= 11 is 8.79. The number of carbonyl (C=O) groups excluding carboxylic acids is 1. The summed E-state index contributed by atoms with van der Waals surface area (Å²) < 4.78 is 2.93. The molecular formula is C22H24ClN3OS2. The van der Waals surface area contributed by atoms with Gasteiger partial charge in [0.2, 0.25) is 0 Å². The second kappa shape index (κ2) is 9.02. The maximum absolute atomic E-state index is 12.6. The fourth-order valence-electron chi connectivity index (χ4n) is 4.00. The first-order valence-electron chi connectivity index (χ1n) is 9.96. The average molecular weight is 446 g/mol. The predicted octanol–water partition coefficient (Wildman–Crippen LogP) is 6.69. The van der Waals surface area contributed by atoms with Crippen LogP contribution in [0.15, 0.2) is 41.6 Å². The molecule has 1 saturated carbocycles. The molecule has 152 valence electrons. The van der Waals surface area contributed by atoms with Gasteiger partial charge in [-0.1, -0.05) is 66.9 Å². The van der Waals surface area contributed by atoms with Crippen LogP contribution < -0.4 is 0 Å². The van der Waals surface area contributed by atoms with Gasteiger partial charge in [-0.3, -0.25) is 9.36 Å². The van der Waals surface area contributed by atoms with E-state index in [0.29, 0.717) is 26.9 Å². The SMILES string of the molecule is Cc1cccc(-c2nnc(SCC(=O)c3ccc(Cl)s3)n2C2CCCCC2C)c1. The molecule has 29 heavy (non-hydrogen) atoms. The van der Waals surface area contributed by atoms with E-state index in [1.54, 1.807) is 12.1 Å². The smallest absolute Gasteiger partial charge is 0.192 e. The number of hydrogen-bond acceptors (Lipinski definition) is 5. The lowest BCUT2D eigenvalue weighted by molar-refractivity contribution is 0.102. The Morgan fingerprint density at radius 3 is 2.79 bits per heavy atom. The Balaban J connectivity index is 1.65. The largest absolute Gasteiger partial charge is 0.299 e. The molecule has 4 rings (SSSR count). The van der Waals surface area contributed by atoms with Crippen molar-refractivity contribution in [3.05, 3.63) is 51.2 Å². The molecule has 0 bridgehead atoms. The van der Waals surface area contributed by atoms with Crippen molar-refractivity contribution in [1.82, 2.24) is 14.8 Å². The number of aryl methyl sites for hydroxylation is 1. The second-order valence-electron chi connectivity index (χ2n) is 7.69. The summed E-state index contributed by atoms with van der Waals surface area (Å²) in [4.78, 5) is 13.3. The number of halogens is 1. The Kier molecular flexibility index (Phi) is 6.42. The average Bonchev–Trinajstić information content (AvgIpc) is 3.33. The number of Topliss-reactive ketones (excluding diaryl/α,β-unsaturated/α-hetero) is 1. The highest BCUT2D eigenvalue weighted by atomic mass is 35.5. The molecule has 0 N–H and O–H groups in total. The van der Waals surface area contributed by atoms with Gasteiger partial charge < -0.3 is 0 Å². The van der Waals surface area contributed by atoms with Crippen LogP contribution in [0.25, 0.3) is 11.4 Å². The molecule has 7 heteroatoms. The van der Waals surface area contributed by atoms with Gasteiger partial charge in [0, 0.05) is 11.6 Å². The first kappa shape index (κ1) is 20.6. The van der Waals surface area contributed by atoms with Crippen LogP contribution in [0.3, 0.4) is 0 Å². The standard InChI is InChI=1S/C22H24ClN3OS2/c1-14-6-5-8-16(12-14)21-24-25-22(26(21)17-9-4-3-7-15(17)2)28-13-18(27)19-10-11-20(23)29-19/h5-6,8,10-12,15,17H,3-4,7,9,13H2,1-2H3. The monoisotopic (exact) mass is 445 g/mol. The topological polar surface area (TPSA) is 47.8 Å². The molecule has 0 saturated heterocycles. The van der Waals surface area contributed by atoms with Crippen molar-refractivity contribution in [2.45, 2.75) is 50.7 Å². The van der Waals surface area contributed by atoms with Gasteiger partial charge in [0.1, 0.15) is 0 Å². The zero-order valence-electron chi connectivity index (χ0n) is 16.6. The fraction of sp³-hybridized carbons (Fsp3) is 0.409. The molecule has 0 aliphatic heterocycles. The molecule has 0 spiro atoms. The lowest BCUT2D eigenvalue weighted by Gasteiger charge is -2.31. The van der Waals surface area contributed by atoms with Crippen LogP contribution in [0, 0.1) is 12.8 Å². The number of hydrogen-bond donors (Lipinski definition) is 0. The lowest BCUT2D eigenvalue weighted by atomic mass is 9.85. The van der Waals surface area contributed by atoms with Crippen molar-refractivity contribution in [2.24, 2.45) is 5.92 Å². The van der Waals surface area contributed by atoms with Crippen molar-refractivity contribution in [3.63, 3.8) is 0 Å². The highest BCUT2D eigenvalue weighted by Gasteiger charge is 2.29. The molecule has 2 atom stereocenters. The maximum atomic E-state index is 12.6. The number of rotatable bonds is 6. The van der Waals surface area contributed by atoms with Crippen molar-refractivity contribution < 1.29 is 4.79 Å². The molecule has 3 aromatic rings. The summed E-state index contributed by atoms with van der Waals surface area (Å²) in [5.41, 5.74) is 2.28. The summed E-state index contributed by atoms with van der Waals surface area (Å²) in [6.45, 7) is 4.41. The van der Waals surface area contributed by atoms with Crippen LogP contribution in [0.4, 0.5) is 0 Å². The minimum atomic E-state index is 0.0789. The molecule has 1 fully saturated rings. The molecule has 2 heterocycles. The van der Waals surface area contributed by atoms with E-state index < -0.39 is 0 Å². The van der Waals surface area contributed by atoms with Gasteiger partial charge in [-0.25, -0.2) is 0 Å². The highest BCUT2D eigenvalue weighted by Crippen LogP contribution is 2.39. The van der Waals surface area contributed by atoms with Gasteiger partial charge in [0.25, 0.3) is 0 Å². The van der Waals surface area contributed by atoms with E-state index in [9.17, 15) is 4.79 Å². The second-order valence-corrected chi connectivity index (χ2v) is 10.3. The predicted molar refractivity (Wildman–Crippen MR) is 121 cm³/mol. The molecule has 2 aromatic heterocycles. The summed E-state index contributed by atoms with van der Waals surface area (Å²) in [5, 5.41) is 9.89. The number of nitrogens with zero attached hydrogens (tertiary/aromatic N) is 3. The van der Waals surface area contributed by atoms with Crippen LogP contribution in [-0.2, 0) is 0 Å². The van der Waals surface area contributed by atoms with Gasteiger partial charge in [-0.2, -0.15) is 0 Å². The van der Waals surface area contributed by atoms with Crippen LogP contribution in [0.2, 0.25) is 4.34 Å². The zero-order chi connectivity index (χ0) is 20.4. The van der Waals surface area contributed by atoms with Crippen LogP contribution >= 0.6 is 34.7 Å². The third-order valence-electron chi connectivity index (χ3n) is 5.52. The van der Waals surface area contributed by atoms with E-state index in [1.807, 2.05) is 0 Å². The summed E-state index contributed by atoms with van der Waals surface area (Å²) in [6.07, 6.45) is 4.84. The molecule has 1 aromatic carbocycles. The Bertz CT molecular complexity index is 1010. The van der Waals surface area contributed by atoms with Crippen molar-refractivity contribution >= 4 is 40.5 Å². The Morgan fingerprint density at radius 2 is 2.07 bits per heavy atom. The normalized spacial score (nSPS) is 19.4. The van der Waals surface area contributed by atoms with E-state index >= 15 is 0 Å².